The maximum absolute atomic E-state index is 12.4. The summed E-state index contributed by atoms with van der Waals surface area (Å²) < 4.78 is 32.5. The Labute approximate surface area is 121 Å². The highest BCUT2D eigenvalue weighted by atomic mass is 32.2. The third-order valence-electron chi connectivity index (χ3n) is 3.63. The van der Waals surface area contributed by atoms with Crippen LogP contribution in [0, 0.1) is 6.92 Å². The van der Waals surface area contributed by atoms with Gasteiger partial charge in [0.2, 0.25) is 10.0 Å². The fraction of sp³-hybridized carbons (Fsp3) is 0.571. The molecule has 0 aromatic heterocycles. The van der Waals surface area contributed by atoms with Gasteiger partial charge in [-0.05, 0) is 37.5 Å². The molecule has 0 radical (unpaired) electrons. The fourth-order valence-corrected chi connectivity index (χ4v) is 3.20. The molecule has 114 valence electrons. The first-order chi connectivity index (χ1) is 9.28. The number of methoxy groups -OCH3 is 1. The number of hydrogen-bond acceptors (Lipinski definition) is 4. The molecule has 0 fully saturated rings. The predicted molar refractivity (Wildman–Crippen MR) is 80.4 cm³/mol. The summed E-state index contributed by atoms with van der Waals surface area (Å²) in [5.41, 5.74) is 6.46. The van der Waals surface area contributed by atoms with Crippen LogP contribution in [-0.2, 0) is 10.0 Å². The third kappa shape index (κ3) is 3.94. The van der Waals surface area contributed by atoms with Crippen LogP contribution >= 0.6 is 0 Å². The number of sulfonamides is 1. The highest BCUT2D eigenvalue weighted by Crippen LogP contribution is 2.24. The zero-order valence-electron chi connectivity index (χ0n) is 12.6. The van der Waals surface area contributed by atoms with E-state index in [2.05, 4.69) is 4.72 Å². The molecule has 1 aromatic rings. The van der Waals surface area contributed by atoms with Crippen LogP contribution in [-0.4, -0.2) is 27.6 Å². The Morgan fingerprint density at radius 2 is 1.90 bits per heavy atom. The van der Waals surface area contributed by atoms with Crippen LogP contribution in [0.1, 0.15) is 32.3 Å². The molecule has 0 saturated carbocycles. The first-order valence-corrected chi connectivity index (χ1v) is 8.19. The van der Waals surface area contributed by atoms with Crippen LogP contribution in [0.25, 0.3) is 0 Å². The molecule has 0 saturated heterocycles. The Morgan fingerprint density at radius 3 is 2.40 bits per heavy atom. The summed E-state index contributed by atoms with van der Waals surface area (Å²) in [7, 11) is -2.18. The van der Waals surface area contributed by atoms with E-state index in [1.807, 2.05) is 26.8 Å². The Balaban J connectivity index is 3.03. The number of nitrogens with two attached hydrogens (primary N) is 1. The lowest BCUT2D eigenvalue weighted by Gasteiger charge is -2.26. The fourth-order valence-electron chi connectivity index (χ4n) is 1.81. The molecule has 0 heterocycles. The van der Waals surface area contributed by atoms with Crippen molar-refractivity contribution in [3.05, 3.63) is 23.8 Å². The molecule has 0 aliphatic rings. The van der Waals surface area contributed by atoms with E-state index in [4.69, 9.17) is 10.5 Å². The van der Waals surface area contributed by atoms with Gasteiger partial charge < -0.3 is 10.5 Å². The summed E-state index contributed by atoms with van der Waals surface area (Å²) in [6, 6.07) is 5.06. The molecule has 0 atom stereocenters. The van der Waals surface area contributed by atoms with Crippen molar-refractivity contribution in [2.45, 2.75) is 44.0 Å². The van der Waals surface area contributed by atoms with Crippen LogP contribution in [0.2, 0.25) is 0 Å². The predicted octanol–water partition coefficient (Wildman–Crippen LogP) is 1.80. The molecule has 0 aliphatic carbocycles. The molecule has 1 rings (SSSR count). The molecule has 0 amide bonds. The van der Waals surface area contributed by atoms with E-state index in [0.717, 1.165) is 5.56 Å². The van der Waals surface area contributed by atoms with Crippen LogP contribution < -0.4 is 15.2 Å². The smallest absolute Gasteiger partial charge is 0.244 e. The normalized spacial score (nSPS) is 12.4. The van der Waals surface area contributed by atoms with Gasteiger partial charge in [-0.2, -0.15) is 0 Å². The van der Waals surface area contributed by atoms with Crippen LogP contribution in [0.5, 0.6) is 5.75 Å². The molecule has 5 nitrogen and oxygen atoms in total. The molecule has 0 spiro atoms. The lowest BCUT2D eigenvalue weighted by molar-refractivity contribution is 0.388. The second-order valence-corrected chi connectivity index (χ2v) is 6.78. The third-order valence-corrected chi connectivity index (χ3v) is 5.05. The van der Waals surface area contributed by atoms with Gasteiger partial charge >= 0.3 is 0 Å². The summed E-state index contributed by atoms with van der Waals surface area (Å²) in [6.45, 7) is 5.94. The molecule has 0 unspecified atom stereocenters. The van der Waals surface area contributed by atoms with E-state index < -0.39 is 15.6 Å². The molecule has 0 aliphatic heterocycles. The molecule has 3 N–H and O–H groups in total. The van der Waals surface area contributed by atoms with E-state index in [1.54, 1.807) is 12.1 Å². The van der Waals surface area contributed by atoms with Crippen molar-refractivity contribution in [1.82, 2.24) is 4.72 Å². The lowest BCUT2D eigenvalue weighted by Crippen LogP contribution is -2.49. The zero-order chi connectivity index (χ0) is 15.4. The molecule has 0 bridgehead atoms. The number of hydrogen-bond donors (Lipinski definition) is 2. The van der Waals surface area contributed by atoms with Crippen molar-refractivity contribution in [3.63, 3.8) is 0 Å². The average molecular weight is 300 g/mol. The number of nitrogens with one attached hydrogen (secondary N) is 1. The van der Waals surface area contributed by atoms with Crippen molar-refractivity contribution < 1.29 is 13.2 Å². The van der Waals surface area contributed by atoms with E-state index >= 15 is 0 Å². The van der Waals surface area contributed by atoms with Crippen LogP contribution in [0.3, 0.4) is 0 Å². The van der Waals surface area contributed by atoms with Gasteiger partial charge in [-0.15, -0.1) is 0 Å². The first-order valence-electron chi connectivity index (χ1n) is 6.71. The minimum absolute atomic E-state index is 0.148. The van der Waals surface area contributed by atoms with Crippen LogP contribution in [0.15, 0.2) is 23.1 Å². The zero-order valence-corrected chi connectivity index (χ0v) is 13.4. The Bertz CT molecular complexity index is 552. The van der Waals surface area contributed by atoms with Gasteiger partial charge in [-0.3, -0.25) is 0 Å². The second kappa shape index (κ2) is 6.56. The molecular formula is C14H24N2O3S. The number of rotatable bonds is 7. The van der Waals surface area contributed by atoms with Gasteiger partial charge in [0.05, 0.1) is 7.11 Å². The van der Waals surface area contributed by atoms with Gasteiger partial charge in [0.15, 0.2) is 0 Å². The average Bonchev–Trinajstić information content (AvgIpc) is 2.45. The number of aryl methyl sites for hydroxylation is 1. The number of ether oxygens (including phenoxy) is 1. The van der Waals surface area contributed by atoms with Crippen LogP contribution in [0.4, 0.5) is 0 Å². The van der Waals surface area contributed by atoms with Crippen molar-refractivity contribution in [1.29, 1.82) is 0 Å². The summed E-state index contributed by atoms with van der Waals surface area (Å²) in [5.74, 6) is 0.332. The Kier molecular flexibility index (Phi) is 5.56. The van der Waals surface area contributed by atoms with E-state index in [1.165, 1.54) is 7.11 Å². The first kappa shape index (κ1) is 16.9. The van der Waals surface area contributed by atoms with Crippen molar-refractivity contribution in [2.24, 2.45) is 5.73 Å². The molecule has 6 heteroatoms. The van der Waals surface area contributed by atoms with Gasteiger partial charge in [0.25, 0.3) is 0 Å². The van der Waals surface area contributed by atoms with Gasteiger partial charge in [-0.1, -0.05) is 19.9 Å². The van der Waals surface area contributed by atoms with Crippen molar-refractivity contribution in [2.75, 3.05) is 13.7 Å². The van der Waals surface area contributed by atoms with E-state index in [-0.39, 0.29) is 11.4 Å². The SMILES string of the molecule is CCC(N)(CC)CNS(=O)(=O)c1cc(C)ccc1OC. The Hall–Kier alpha value is -1.11. The van der Waals surface area contributed by atoms with Crippen molar-refractivity contribution in [3.8, 4) is 5.75 Å². The summed E-state index contributed by atoms with van der Waals surface area (Å²) in [6.07, 6.45) is 1.41. The van der Waals surface area contributed by atoms with Gasteiger partial charge in [-0.25, -0.2) is 13.1 Å². The number of benzene rings is 1. The van der Waals surface area contributed by atoms with Gasteiger partial charge in [0.1, 0.15) is 10.6 Å². The maximum Gasteiger partial charge on any atom is 0.244 e. The van der Waals surface area contributed by atoms with E-state index in [9.17, 15) is 8.42 Å². The second-order valence-electron chi connectivity index (χ2n) is 5.05. The molecule has 1 aromatic carbocycles. The highest BCUT2D eigenvalue weighted by Gasteiger charge is 2.25. The maximum atomic E-state index is 12.4. The Morgan fingerprint density at radius 1 is 1.30 bits per heavy atom. The highest BCUT2D eigenvalue weighted by molar-refractivity contribution is 7.89. The summed E-state index contributed by atoms with van der Waals surface area (Å²) in [4.78, 5) is 0.148. The minimum atomic E-state index is -3.63. The quantitative estimate of drug-likeness (QED) is 0.804. The largest absolute Gasteiger partial charge is 0.495 e. The minimum Gasteiger partial charge on any atom is -0.495 e. The lowest BCUT2D eigenvalue weighted by atomic mass is 9.95. The molecule has 20 heavy (non-hydrogen) atoms. The van der Waals surface area contributed by atoms with E-state index in [0.29, 0.717) is 18.6 Å². The van der Waals surface area contributed by atoms with Crippen molar-refractivity contribution >= 4 is 10.0 Å². The topological polar surface area (TPSA) is 81.4 Å². The monoisotopic (exact) mass is 300 g/mol. The standard InChI is InChI=1S/C14H24N2O3S/c1-5-14(15,6-2)10-16-20(17,18)13-9-11(3)7-8-12(13)19-4/h7-9,16H,5-6,10,15H2,1-4H3. The summed E-state index contributed by atoms with van der Waals surface area (Å²) >= 11 is 0. The summed E-state index contributed by atoms with van der Waals surface area (Å²) in [5, 5.41) is 0. The van der Waals surface area contributed by atoms with Gasteiger partial charge in [0, 0.05) is 12.1 Å². The molecular weight excluding hydrogens is 276 g/mol.